The lowest BCUT2D eigenvalue weighted by atomic mass is 9.62. The molecule has 0 radical (unpaired) electrons. The Morgan fingerprint density at radius 2 is 1.35 bits per heavy atom. The predicted molar refractivity (Wildman–Crippen MR) is 128 cm³/mol. The molecule has 0 aliphatic heterocycles. The molecule has 1 aliphatic carbocycles. The van der Waals surface area contributed by atoms with E-state index in [1.165, 1.54) is 38.6 Å². The van der Waals surface area contributed by atoms with Gasteiger partial charge in [0.25, 0.3) is 0 Å². The maximum Gasteiger partial charge on any atom is 0.116 e. The summed E-state index contributed by atoms with van der Waals surface area (Å²) in [6.07, 6.45) is 0. The summed E-state index contributed by atoms with van der Waals surface area (Å²) in [6.45, 7) is 2.35. The summed E-state index contributed by atoms with van der Waals surface area (Å²) in [5, 5.41) is 12.8. The number of phenols is 1. The minimum Gasteiger partial charge on any atom is -0.508 e. The van der Waals surface area contributed by atoms with Crippen molar-refractivity contribution in [3.8, 4) is 28.0 Å². The van der Waals surface area contributed by atoms with Crippen molar-refractivity contribution in [2.75, 3.05) is 0 Å². The van der Waals surface area contributed by atoms with Gasteiger partial charge in [0.05, 0.1) is 0 Å². The van der Waals surface area contributed by atoms with Gasteiger partial charge in [0.2, 0.25) is 0 Å². The van der Waals surface area contributed by atoms with Crippen molar-refractivity contribution in [2.45, 2.75) is 12.3 Å². The van der Waals surface area contributed by atoms with E-state index < -0.39 is 0 Å². The molecule has 1 heteroatoms. The van der Waals surface area contributed by atoms with Crippen LogP contribution in [0.5, 0.6) is 5.75 Å². The summed E-state index contributed by atoms with van der Waals surface area (Å²) in [5.74, 6) is 0.288. The first kappa shape index (κ1) is 18.0. The van der Waals surface area contributed by atoms with Gasteiger partial charge in [-0.25, -0.2) is 0 Å². The first-order valence-corrected chi connectivity index (χ1v) is 10.7. The van der Waals surface area contributed by atoms with Crippen LogP contribution in [0.3, 0.4) is 0 Å². The number of benzene rings is 5. The van der Waals surface area contributed by atoms with Gasteiger partial charge in [-0.2, -0.15) is 0 Å². The molecule has 1 aliphatic rings. The van der Waals surface area contributed by atoms with Gasteiger partial charge in [0.1, 0.15) is 5.75 Å². The number of phenolic OH excluding ortho intramolecular Hbond substituents is 1. The summed E-state index contributed by atoms with van der Waals surface area (Å²) in [6, 6.07) is 38.2. The first-order chi connectivity index (χ1) is 15.2. The van der Waals surface area contributed by atoms with Crippen LogP contribution in [0.4, 0.5) is 0 Å². The zero-order valence-electron chi connectivity index (χ0n) is 17.3. The number of rotatable bonds is 2. The van der Waals surface area contributed by atoms with E-state index >= 15 is 0 Å². The van der Waals surface area contributed by atoms with Gasteiger partial charge in [-0.3, -0.25) is 0 Å². The number of hydrogen-bond donors (Lipinski definition) is 1. The zero-order valence-corrected chi connectivity index (χ0v) is 17.3. The summed E-state index contributed by atoms with van der Waals surface area (Å²) in [5.41, 5.74) is 8.33. The second-order valence-electron chi connectivity index (χ2n) is 8.48. The molecule has 6 rings (SSSR count). The Hall–Kier alpha value is -3.84. The summed E-state index contributed by atoms with van der Waals surface area (Å²) >= 11 is 0. The fourth-order valence-corrected chi connectivity index (χ4v) is 5.40. The molecule has 1 unspecified atom stereocenters. The smallest absolute Gasteiger partial charge is 0.116 e. The van der Waals surface area contributed by atoms with E-state index in [1.807, 2.05) is 12.1 Å². The van der Waals surface area contributed by atoms with Crippen LogP contribution >= 0.6 is 0 Å². The van der Waals surface area contributed by atoms with Crippen molar-refractivity contribution in [1.82, 2.24) is 0 Å². The van der Waals surface area contributed by atoms with Crippen molar-refractivity contribution < 1.29 is 5.11 Å². The molecular weight excluding hydrogens is 376 g/mol. The average Bonchev–Trinajstić information content (AvgIpc) is 2.82. The van der Waals surface area contributed by atoms with Crippen LogP contribution in [0.1, 0.15) is 23.6 Å². The molecule has 148 valence electrons. The highest BCUT2D eigenvalue weighted by Crippen LogP contribution is 2.54. The third-order valence-electron chi connectivity index (χ3n) is 6.81. The van der Waals surface area contributed by atoms with E-state index in [9.17, 15) is 5.11 Å². The first-order valence-electron chi connectivity index (χ1n) is 10.7. The molecule has 5 aromatic carbocycles. The Morgan fingerprint density at radius 3 is 2.19 bits per heavy atom. The van der Waals surface area contributed by atoms with Crippen molar-refractivity contribution in [3.63, 3.8) is 0 Å². The summed E-state index contributed by atoms with van der Waals surface area (Å²) in [4.78, 5) is 0. The van der Waals surface area contributed by atoms with Gasteiger partial charge in [-0.1, -0.05) is 97.1 Å². The third-order valence-corrected chi connectivity index (χ3v) is 6.81. The molecule has 0 saturated carbocycles. The molecule has 5 aromatic rings. The minimum absolute atomic E-state index is 0.288. The van der Waals surface area contributed by atoms with Crippen LogP contribution in [0.25, 0.3) is 33.0 Å². The fraction of sp³-hybridized carbons (Fsp3) is 0.0667. The molecule has 0 fully saturated rings. The number of aromatic hydroxyl groups is 1. The Morgan fingerprint density at radius 1 is 0.613 bits per heavy atom. The predicted octanol–water partition coefficient (Wildman–Crippen LogP) is 7.55. The topological polar surface area (TPSA) is 20.2 Å². The summed E-state index contributed by atoms with van der Waals surface area (Å²) < 4.78 is 0. The third kappa shape index (κ3) is 2.50. The maximum atomic E-state index is 10.2. The molecule has 0 heterocycles. The lowest BCUT2D eigenvalue weighted by Gasteiger charge is -2.40. The van der Waals surface area contributed by atoms with E-state index in [0.29, 0.717) is 0 Å². The molecule has 0 aromatic heterocycles. The SMILES string of the molecule is CC1(c2ccccc2)c2ccccc2-c2cccc3ccc(-c4cccc(O)c4)c1c23. The highest BCUT2D eigenvalue weighted by Gasteiger charge is 2.40. The molecule has 0 saturated heterocycles. The van der Waals surface area contributed by atoms with E-state index in [-0.39, 0.29) is 11.2 Å². The van der Waals surface area contributed by atoms with Crippen LogP contribution in [-0.4, -0.2) is 5.11 Å². The second kappa shape index (κ2) is 6.58. The molecule has 0 bridgehead atoms. The highest BCUT2D eigenvalue weighted by atomic mass is 16.3. The lowest BCUT2D eigenvalue weighted by molar-refractivity contribution is 0.475. The Bertz CT molecular complexity index is 1450. The van der Waals surface area contributed by atoms with Gasteiger partial charge in [-0.05, 0) is 68.8 Å². The molecule has 0 spiro atoms. The maximum absolute atomic E-state index is 10.2. The quantitative estimate of drug-likeness (QED) is 0.325. The molecule has 1 nitrogen and oxygen atoms in total. The molecule has 1 atom stereocenters. The molecular formula is C30H22O. The molecule has 31 heavy (non-hydrogen) atoms. The van der Waals surface area contributed by atoms with Gasteiger partial charge in [-0.15, -0.1) is 0 Å². The van der Waals surface area contributed by atoms with E-state index in [4.69, 9.17) is 0 Å². The Kier molecular flexibility index (Phi) is 3.82. The molecule has 1 N–H and O–H groups in total. The van der Waals surface area contributed by atoms with Crippen molar-refractivity contribution >= 4 is 10.8 Å². The van der Waals surface area contributed by atoms with Crippen LogP contribution in [-0.2, 0) is 5.41 Å². The number of fused-ring (bicyclic) bond motifs is 2. The Balaban J connectivity index is 1.84. The van der Waals surface area contributed by atoms with Crippen molar-refractivity contribution in [3.05, 3.63) is 126 Å². The van der Waals surface area contributed by atoms with Crippen LogP contribution in [0.15, 0.2) is 109 Å². The Labute approximate surface area is 182 Å². The standard InChI is InChI=1S/C30H22O/c1-30(22-11-3-2-4-12-22)27-16-6-5-14-25(27)26-15-8-9-20-17-18-24(29(30)28(20)26)21-10-7-13-23(31)19-21/h2-19,31H,1H3. The van der Waals surface area contributed by atoms with Crippen molar-refractivity contribution in [2.24, 2.45) is 0 Å². The van der Waals surface area contributed by atoms with E-state index in [2.05, 4.69) is 97.9 Å². The zero-order chi connectivity index (χ0) is 21.0. The largest absolute Gasteiger partial charge is 0.508 e. The van der Waals surface area contributed by atoms with Crippen molar-refractivity contribution in [1.29, 1.82) is 0 Å². The minimum atomic E-state index is -0.327. The van der Waals surface area contributed by atoms with Gasteiger partial charge < -0.3 is 5.11 Å². The number of hydrogen-bond acceptors (Lipinski definition) is 1. The van der Waals surface area contributed by atoms with Gasteiger partial charge in [0.15, 0.2) is 0 Å². The van der Waals surface area contributed by atoms with Gasteiger partial charge >= 0.3 is 0 Å². The van der Waals surface area contributed by atoms with Crippen LogP contribution < -0.4 is 0 Å². The molecule has 0 amide bonds. The van der Waals surface area contributed by atoms with E-state index in [0.717, 1.165) is 11.1 Å². The van der Waals surface area contributed by atoms with Gasteiger partial charge in [0, 0.05) is 5.41 Å². The summed E-state index contributed by atoms with van der Waals surface area (Å²) in [7, 11) is 0. The average molecular weight is 399 g/mol. The van der Waals surface area contributed by atoms with Crippen LogP contribution in [0.2, 0.25) is 0 Å². The van der Waals surface area contributed by atoms with E-state index in [1.54, 1.807) is 6.07 Å². The lowest BCUT2D eigenvalue weighted by Crippen LogP contribution is -2.29. The van der Waals surface area contributed by atoms with Crippen LogP contribution in [0, 0.1) is 0 Å². The fourth-order valence-electron chi connectivity index (χ4n) is 5.40. The second-order valence-corrected chi connectivity index (χ2v) is 8.48. The monoisotopic (exact) mass is 398 g/mol. The normalized spacial score (nSPS) is 16.8. The highest BCUT2D eigenvalue weighted by molar-refractivity contribution is 6.07.